The van der Waals surface area contributed by atoms with Gasteiger partial charge in [-0.3, -0.25) is 4.98 Å². The largest absolute Gasteiger partial charge is 0.397 e. The number of alkyl halides is 3. The molecule has 11 heteroatoms. The molecule has 37 heavy (non-hydrogen) atoms. The average Bonchev–Trinajstić information content (AvgIpc) is 3.63. The van der Waals surface area contributed by atoms with Gasteiger partial charge in [-0.05, 0) is 53.6 Å². The maximum absolute atomic E-state index is 13.4. The predicted molar refractivity (Wildman–Crippen MR) is 139 cm³/mol. The van der Waals surface area contributed by atoms with Gasteiger partial charge in [-0.25, -0.2) is 13.1 Å². The fourth-order valence-electron chi connectivity index (χ4n) is 4.26. The lowest BCUT2D eigenvalue weighted by Crippen LogP contribution is -2.31. The minimum atomic E-state index is -4.60. The number of nitrogens with one attached hydrogen (secondary N) is 1. The van der Waals surface area contributed by atoms with E-state index in [0.717, 1.165) is 10.1 Å². The molecule has 1 fully saturated rings. The molecule has 1 aliphatic rings. The zero-order valence-electron chi connectivity index (χ0n) is 19.2. The van der Waals surface area contributed by atoms with E-state index in [1.165, 1.54) is 29.7 Å². The van der Waals surface area contributed by atoms with Crippen LogP contribution in [-0.2, 0) is 10.0 Å². The Balaban J connectivity index is 1.61. The minimum Gasteiger partial charge on any atom is -0.395 e. The standard InChI is InChI=1S/C26H22ClF3N2O3S2/c27-21-7-2-1-5-18(21)24(32-37(34,35)17-8-9-17)23-13-16-4-3-6-19(25(16)36-23)22-12-15(10-11-31-22)20(14-33)26(28,29)30/h1-7,10-13,17,20,24,32-33H,8-9,14H2/t20-,24-/m1/s1. The Morgan fingerprint density at radius 2 is 1.86 bits per heavy atom. The summed E-state index contributed by atoms with van der Waals surface area (Å²) in [5.41, 5.74) is 1.46. The molecule has 0 spiro atoms. The Morgan fingerprint density at radius 1 is 1.11 bits per heavy atom. The number of aliphatic hydroxyl groups is 1. The van der Waals surface area contributed by atoms with Crippen molar-refractivity contribution < 1.29 is 26.7 Å². The van der Waals surface area contributed by atoms with Crippen LogP contribution in [0.15, 0.2) is 66.9 Å². The smallest absolute Gasteiger partial charge is 0.395 e. The lowest BCUT2D eigenvalue weighted by atomic mass is 9.98. The predicted octanol–water partition coefficient (Wildman–Crippen LogP) is 6.43. The zero-order chi connectivity index (χ0) is 26.4. The van der Waals surface area contributed by atoms with Crippen LogP contribution in [0.2, 0.25) is 5.02 Å². The van der Waals surface area contributed by atoms with Crippen molar-refractivity contribution in [2.24, 2.45) is 0 Å². The summed E-state index contributed by atoms with van der Waals surface area (Å²) >= 11 is 7.80. The molecule has 5 rings (SSSR count). The van der Waals surface area contributed by atoms with Crippen LogP contribution in [0.5, 0.6) is 0 Å². The number of aliphatic hydroxyl groups excluding tert-OH is 1. The number of benzene rings is 2. The molecule has 2 aromatic heterocycles. The molecule has 2 aromatic carbocycles. The monoisotopic (exact) mass is 566 g/mol. The maximum Gasteiger partial charge on any atom is 0.397 e. The van der Waals surface area contributed by atoms with Crippen LogP contribution >= 0.6 is 22.9 Å². The first-order valence-corrected chi connectivity index (χ1v) is 14.2. The SMILES string of the molecule is O=S(=O)(N[C@@H](c1cc2cccc(-c3cc([C@@H](CO)C(F)(F)F)ccn3)c2s1)c1ccccc1Cl)C1CC1. The van der Waals surface area contributed by atoms with Crippen molar-refractivity contribution in [3.8, 4) is 11.3 Å². The number of hydrogen-bond acceptors (Lipinski definition) is 5. The van der Waals surface area contributed by atoms with Crippen molar-refractivity contribution in [3.63, 3.8) is 0 Å². The summed E-state index contributed by atoms with van der Waals surface area (Å²) in [5.74, 6) is -2.02. The maximum atomic E-state index is 13.4. The highest BCUT2D eigenvalue weighted by molar-refractivity contribution is 7.90. The normalized spacial score (nSPS) is 16.1. The molecule has 0 amide bonds. The topological polar surface area (TPSA) is 79.3 Å². The third-order valence-corrected chi connectivity index (χ3v) is 9.86. The molecular weight excluding hydrogens is 545 g/mol. The van der Waals surface area contributed by atoms with E-state index in [1.54, 1.807) is 36.4 Å². The zero-order valence-corrected chi connectivity index (χ0v) is 21.6. The van der Waals surface area contributed by atoms with E-state index < -0.39 is 40.0 Å². The molecular formula is C26H22ClF3N2O3S2. The lowest BCUT2D eigenvalue weighted by Gasteiger charge is -2.19. The highest BCUT2D eigenvalue weighted by Gasteiger charge is 2.40. The third kappa shape index (κ3) is 5.39. The van der Waals surface area contributed by atoms with Crippen molar-refractivity contribution in [3.05, 3.63) is 87.9 Å². The molecule has 0 unspecified atom stereocenters. The van der Waals surface area contributed by atoms with E-state index in [-0.39, 0.29) is 5.56 Å². The van der Waals surface area contributed by atoms with Crippen LogP contribution in [0.25, 0.3) is 21.3 Å². The van der Waals surface area contributed by atoms with Gasteiger partial charge in [0, 0.05) is 26.4 Å². The first kappa shape index (κ1) is 26.1. The molecule has 0 bridgehead atoms. The van der Waals surface area contributed by atoms with Gasteiger partial charge in [0.1, 0.15) is 5.92 Å². The van der Waals surface area contributed by atoms with Crippen molar-refractivity contribution in [1.82, 2.24) is 9.71 Å². The Morgan fingerprint density at radius 3 is 2.54 bits per heavy atom. The summed E-state index contributed by atoms with van der Waals surface area (Å²) in [6.07, 6.45) is -2.09. The first-order chi connectivity index (χ1) is 17.6. The molecule has 0 saturated heterocycles. The Kier molecular flexibility index (Phi) is 7.06. The van der Waals surface area contributed by atoms with Crippen LogP contribution in [0.3, 0.4) is 0 Å². The number of pyridine rings is 1. The van der Waals surface area contributed by atoms with E-state index >= 15 is 0 Å². The Labute approximate surface area is 221 Å². The average molecular weight is 567 g/mol. The number of thiophene rings is 1. The van der Waals surface area contributed by atoms with E-state index in [0.29, 0.717) is 39.6 Å². The van der Waals surface area contributed by atoms with Gasteiger partial charge in [-0.2, -0.15) is 13.2 Å². The molecule has 1 aliphatic carbocycles. The molecule has 2 atom stereocenters. The van der Waals surface area contributed by atoms with Crippen LogP contribution < -0.4 is 4.72 Å². The molecule has 2 heterocycles. The van der Waals surface area contributed by atoms with Gasteiger partial charge >= 0.3 is 6.18 Å². The van der Waals surface area contributed by atoms with Crippen LogP contribution in [-0.4, -0.2) is 36.5 Å². The summed E-state index contributed by atoms with van der Waals surface area (Å²) in [5, 5.41) is 10.2. The summed E-state index contributed by atoms with van der Waals surface area (Å²) in [6, 6.07) is 16.1. The number of halogens is 4. The second-order valence-electron chi connectivity index (χ2n) is 8.94. The second-order valence-corrected chi connectivity index (χ2v) is 12.4. The van der Waals surface area contributed by atoms with E-state index in [2.05, 4.69) is 9.71 Å². The molecule has 2 N–H and O–H groups in total. The lowest BCUT2D eigenvalue weighted by molar-refractivity contribution is -0.158. The van der Waals surface area contributed by atoms with Crippen LogP contribution in [0.1, 0.15) is 40.8 Å². The van der Waals surface area contributed by atoms with Crippen LogP contribution in [0, 0.1) is 0 Å². The van der Waals surface area contributed by atoms with Crippen molar-refractivity contribution in [2.75, 3.05) is 6.61 Å². The summed E-state index contributed by atoms with van der Waals surface area (Å²) in [6.45, 7) is -1.07. The van der Waals surface area contributed by atoms with Crippen LogP contribution in [0.4, 0.5) is 13.2 Å². The highest BCUT2D eigenvalue weighted by atomic mass is 35.5. The number of fused-ring (bicyclic) bond motifs is 1. The van der Waals surface area contributed by atoms with Crippen molar-refractivity contribution in [2.45, 2.75) is 36.2 Å². The summed E-state index contributed by atoms with van der Waals surface area (Å²) < 4.78 is 69.7. The van der Waals surface area contributed by atoms with E-state index in [9.17, 15) is 26.7 Å². The summed E-state index contributed by atoms with van der Waals surface area (Å²) in [7, 11) is -3.58. The van der Waals surface area contributed by atoms with Gasteiger partial charge in [-0.15, -0.1) is 11.3 Å². The van der Waals surface area contributed by atoms with Gasteiger partial charge < -0.3 is 5.11 Å². The highest BCUT2D eigenvalue weighted by Crippen LogP contribution is 2.42. The van der Waals surface area contributed by atoms with Crippen molar-refractivity contribution >= 4 is 43.0 Å². The number of hydrogen-bond donors (Lipinski definition) is 2. The fraction of sp³-hybridized carbons (Fsp3) is 0.269. The molecule has 194 valence electrons. The second kappa shape index (κ2) is 9.99. The molecule has 4 aromatic rings. The summed E-state index contributed by atoms with van der Waals surface area (Å²) in [4.78, 5) is 4.99. The quantitative estimate of drug-likeness (QED) is 0.258. The van der Waals surface area contributed by atoms with Gasteiger partial charge in [0.05, 0.1) is 23.6 Å². The van der Waals surface area contributed by atoms with Gasteiger partial charge in [0.2, 0.25) is 10.0 Å². The minimum absolute atomic E-state index is 0.0834. The number of rotatable bonds is 8. The molecule has 5 nitrogen and oxygen atoms in total. The van der Waals surface area contributed by atoms with Gasteiger partial charge in [0.25, 0.3) is 0 Å². The number of sulfonamides is 1. The Bertz CT molecular complexity index is 1550. The van der Waals surface area contributed by atoms with Gasteiger partial charge in [0.15, 0.2) is 0 Å². The van der Waals surface area contributed by atoms with E-state index in [4.69, 9.17) is 11.6 Å². The van der Waals surface area contributed by atoms with Crippen molar-refractivity contribution in [1.29, 1.82) is 0 Å². The number of nitrogens with zero attached hydrogens (tertiary/aromatic N) is 1. The Hall–Kier alpha value is -2.50. The molecule has 1 saturated carbocycles. The fourth-order valence-corrected chi connectivity index (χ4v) is 7.36. The van der Waals surface area contributed by atoms with E-state index in [1.807, 2.05) is 12.1 Å². The first-order valence-electron chi connectivity index (χ1n) is 11.5. The third-order valence-electron chi connectivity index (χ3n) is 6.35. The molecule has 0 radical (unpaired) electrons. The van der Waals surface area contributed by atoms with Gasteiger partial charge in [-0.1, -0.05) is 48.0 Å². The molecule has 0 aliphatic heterocycles. The number of aromatic nitrogens is 1.